The number of benzene rings is 1. The molecule has 0 amide bonds. The van der Waals surface area contributed by atoms with Crippen molar-refractivity contribution in [3.63, 3.8) is 0 Å². The van der Waals surface area contributed by atoms with E-state index in [0.29, 0.717) is 11.3 Å². The number of halogens is 1. The van der Waals surface area contributed by atoms with E-state index in [0.717, 1.165) is 0 Å². The summed E-state index contributed by atoms with van der Waals surface area (Å²) in [6, 6.07) is 4.12. The second kappa shape index (κ2) is 4.14. The van der Waals surface area contributed by atoms with Crippen LogP contribution in [0.1, 0.15) is 17.3 Å². The maximum absolute atomic E-state index is 13.1. The highest BCUT2D eigenvalue weighted by Gasteiger charge is 2.17. The number of hydrogen-bond donors (Lipinski definition) is 0. The number of rotatable bonds is 3. The lowest BCUT2D eigenvalue weighted by atomic mass is 10.1. The second-order valence-electron chi connectivity index (χ2n) is 4.45. The lowest BCUT2D eigenvalue weighted by molar-refractivity contribution is 0.101. The molecule has 0 bridgehead atoms. The highest BCUT2D eigenvalue weighted by atomic mass is 28.4. The van der Waals surface area contributed by atoms with Crippen molar-refractivity contribution in [1.82, 2.24) is 0 Å². The van der Waals surface area contributed by atoms with Crippen LogP contribution in [0.3, 0.4) is 0 Å². The lowest BCUT2D eigenvalue weighted by Gasteiger charge is -2.19. The molecule has 1 rings (SSSR count). The summed E-state index contributed by atoms with van der Waals surface area (Å²) in [5, 5.41) is 0. The molecule has 0 saturated heterocycles. The molecule has 4 heteroatoms. The van der Waals surface area contributed by atoms with Gasteiger partial charge in [0.15, 0.2) is 5.78 Å². The van der Waals surface area contributed by atoms with Crippen molar-refractivity contribution in [2.75, 3.05) is 0 Å². The molecular weight excluding hydrogens is 211 g/mol. The van der Waals surface area contributed by atoms with E-state index in [2.05, 4.69) is 0 Å². The van der Waals surface area contributed by atoms with Crippen LogP contribution in [0, 0.1) is 5.82 Å². The first-order chi connectivity index (χ1) is 6.78. The summed E-state index contributed by atoms with van der Waals surface area (Å²) in [4.78, 5) is 11.1. The van der Waals surface area contributed by atoms with Crippen molar-refractivity contribution in [2.45, 2.75) is 26.6 Å². The molecule has 15 heavy (non-hydrogen) atoms. The van der Waals surface area contributed by atoms with E-state index < -0.39 is 14.1 Å². The smallest absolute Gasteiger partial charge is 0.242 e. The first-order valence-electron chi connectivity index (χ1n) is 4.78. The molecule has 0 aliphatic heterocycles. The molecule has 0 atom stereocenters. The molecule has 0 spiro atoms. The minimum absolute atomic E-state index is 0.157. The third kappa shape index (κ3) is 3.83. The molecule has 0 aromatic heterocycles. The lowest BCUT2D eigenvalue weighted by Crippen LogP contribution is -2.29. The molecule has 1 aromatic rings. The van der Waals surface area contributed by atoms with Crippen LogP contribution >= 0.6 is 0 Å². The van der Waals surface area contributed by atoms with Crippen LogP contribution in [0.25, 0.3) is 0 Å². The topological polar surface area (TPSA) is 26.3 Å². The summed E-state index contributed by atoms with van der Waals surface area (Å²) >= 11 is 0. The molecule has 0 fully saturated rings. The summed E-state index contributed by atoms with van der Waals surface area (Å²) in [5.41, 5.74) is 0.350. The van der Waals surface area contributed by atoms with E-state index in [1.54, 1.807) is 6.07 Å². The van der Waals surface area contributed by atoms with Crippen molar-refractivity contribution in [3.05, 3.63) is 29.6 Å². The van der Waals surface area contributed by atoms with Crippen LogP contribution in [-0.4, -0.2) is 14.1 Å². The monoisotopic (exact) mass is 226 g/mol. The molecule has 2 nitrogen and oxygen atoms in total. The van der Waals surface area contributed by atoms with E-state index in [9.17, 15) is 9.18 Å². The Morgan fingerprint density at radius 2 is 1.87 bits per heavy atom. The zero-order valence-corrected chi connectivity index (χ0v) is 10.4. The average molecular weight is 226 g/mol. The summed E-state index contributed by atoms with van der Waals surface area (Å²) in [7, 11) is -1.76. The molecule has 0 aliphatic carbocycles. The van der Waals surface area contributed by atoms with Gasteiger partial charge in [0.05, 0.1) is 0 Å². The minimum atomic E-state index is -1.76. The summed E-state index contributed by atoms with van der Waals surface area (Å²) < 4.78 is 18.8. The Morgan fingerprint density at radius 3 is 2.33 bits per heavy atom. The molecule has 0 unspecified atom stereocenters. The van der Waals surface area contributed by atoms with E-state index in [1.165, 1.54) is 19.1 Å². The van der Waals surface area contributed by atoms with Gasteiger partial charge in [-0.05, 0) is 38.7 Å². The zero-order chi connectivity index (χ0) is 11.6. The zero-order valence-electron chi connectivity index (χ0n) is 9.43. The van der Waals surface area contributed by atoms with E-state index in [4.69, 9.17) is 4.43 Å². The molecule has 0 heterocycles. The Balaban J connectivity index is 3.04. The van der Waals surface area contributed by atoms with Gasteiger partial charge in [-0.1, -0.05) is 0 Å². The van der Waals surface area contributed by atoms with Gasteiger partial charge in [-0.25, -0.2) is 4.39 Å². The van der Waals surface area contributed by atoms with Gasteiger partial charge >= 0.3 is 0 Å². The van der Waals surface area contributed by atoms with Gasteiger partial charge in [0, 0.05) is 11.6 Å². The third-order valence-electron chi connectivity index (χ3n) is 1.70. The summed E-state index contributed by atoms with van der Waals surface area (Å²) in [6.45, 7) is 7.43. The van der Waals surface area contributed by atoms with Crippen molar-refractivity contribution in [3.8, 4) is 5.75 Å². The minimum Gasteiger partial charge on any atom is -0.544 e. The van der Waals surface area contributed by atoms with Gasteiger partial charge < -0.3 is 4.43 Å². The normalized spacial score (nSPS) is 11.3. The molecule has 0 N–H and O–H groups in total. The van der Waals surface area contributed by atoms with Crippen molar-refractivity contribution < 1.29 is 13.6 Å². The maximum atomic E-state index is 13.1. The molecule has 0 aliphatic rings. The first kappa shape index (κ1) is 11.9. The van der Waals surface area contributed by atoms with Gasteiger partial charge in [0.1, 0.15) is 11.6 Å². The molecular formula is C11H15FO2Si. The Bertz CT molecular complexity index is 383. The number of carbonyl (C=O) groups excluding carboxylic acids is 1. The fourth-order valence-electron chi connectivity index (χ4n) is 1.18. The fraction of sp³-hybridized carbons (Fsp3) is 0.364. The van der Waals surface area contributed by atoms with Crippen LogP contribution in [0.4, 0.5) is 4.39 Å². The van der Waals surface area contributed by atoms with Gasteiger partial charge in [-0.3, -0.25) is 4.79 Å². The third-order valence-corrected chi connectivity index (χ3v) is 2.55. The van der Waals surface area contributed by atoms with E-state index in [1.807, 2.05) is 19.6 Å². The summed E-state index contributed by atoms with van der Waals surface area (Å²) in [5.74, 6) is -0.148. The Hall–Kier alpha value is -1.16. The molecule has 1 aromatic carbocycles. The number of Topliss-reactive ketones (excluding diaryl/α,β-unsaturated/α-hetero) is 1. The first-order valence-corrected chi connectivity index (χ1v) is 8.19. The van der Waals surface area contributed by atoms with Gasteiger partial charge in [0.25, 0.3) is 0 Å². The Kier molecular flexibility index (Phi) is 3.29. The van der Waals surface area contributed by atoms with Crippen LogP contribution in [0.15, 0.2) is 18.2 Å². The average Bonchev–Trinajstić information content (AvgIpc) is 1.99. The number of ketones is 1. The highest BCUT2D eigenvalue weighted by molar-refractivity contribution is 6.70. The maximum Gasteiger partial charge on any atom is 0.242 e. The Labute approximate surface area is 90.2 Å². The Morgan fingerprint density at radius 1 is 1.27 bits per heavy atom. The molecule has 82 valence electrons. The predicted molar refractivity (Wildman–Crippen MR) is 60.4 cm³/mol. The fourth-order valence-corrected chi connectivity index (χ4v) is 2.00. The van der Waals surface area contributed by atoms with Gasteiger partial charge in [0.2, 0.25) is 8.32 Å². The predicted octanol–water partition coefficient (Wildman–Crippen LogP) is 3.24. The molecule has 0 saturated carbocycles. The SMILES string of the molecule is CC(=O)c1cc(F)cc(O[Si](C)(C)C)c1. The summed E-state index contributed by atoms with van der Waals surface area (Å²) in [6.07, 6.45) is 0. The highest BCUT2D eigenvalue weighted by Crippen LogP contribution is 2.20. The number of hydrogen-bond acceptors (Lipinski definition) is 2. The standard InChI is InChI=1S/C11H15FO2Si/c1-8(13)9-5-10(12)7-11(6-9)14-15(2,3)4/h5-7H,1-4H3. The van der Waals surface area contributed by atoms with Gasteiger partial charge in [-0.15, -0.1) is 0 Å². The molecule has 0 radical (unpaired) electrons. The van der Waals surface area contributed by atoms with Crippen molar-refractivity contribution in [2.24, 2.45) is 0 Å². The van der Waals surface area contributed by atoms with E-state index >= 15 is 0 Å². The quantitative estimate of drug-likeness (QED) is 0.584. The number of carbonyl (C=O) groups is 1. The van der Waals surface area contributed by atoms with E-state index in [-0.39, 0.29) is 5.78 Å². The van der Waals surface area contributed by atoms with Crippen LogP contribution in [-0.2, 0) is 0 Å². The van der Waals surface area contributed by atoms with Crippen molar-refractivity contribution >= 4 is 14.1 Å². The van der Waals surface area contributed by atoms with Crippen LogP contribution in [0.2, 0.25) is 19.6 Å². The van der Waals surface area contributed by atoms with Gasteiger partial charge in [-0.2, -0.15) is 0 Å². The van der Waals surface area contributed by atoms with Crippen LogP contribution in [0.5, 0.6) is 5.75 Å². The largest absolute Gasteiger partial charge is 0.544 e. The second-order valence-corrected chi connectivity index (χ2v) is 8.88. The van der Waals surface area contributed by atoms with Crippen molar-refractivity contribution in [1.29, 1.82) is 0 Å². The van der Waals surface area contributed by atoms with Crippen LogP contribution < -0.4 is 4.43 Å².